The molecule has 2 saturated carbocycles. The Labute approximate surface area is 184 Å². The Morgan fingerprint density at radius 2 is 1.41 bits per heavy atom. The first kappa shape index (κ1) is 21.8. The van der Waals surface area contributed by atoms with Crippen LogP contribution in [-0.4, -0.2) is 18.0 Å². The third-order valence-corrected chi connectivity index (χ3v) is 6.78. The molecule has 5 heteroatoms. The van der Waals surface area contributed by atoms with Gasteiger partial charge in [-0.05, 0) is 37.7 Å². The van der Waals surface area contributed by atoms with Crippen LogP contribution in [0, 0.1) is 11.8 Å². The van der Waals surface area contributed by atoms with E-state index in [0.717, 1.165) is 6.42 Å². The standard InChI is InChI=1S/C22H31NO.2BrH.Ni/c1-4-10-18(11-5-1)16-21-22(24-17-23-21,19-12-6-2-7-13-19)20-14-8-3-9-15-20;;;/h1,4-5,10-11,17,19-21H,2-3,6-9,12-16H2;2*1H;/q;;;+2/p-2/t21-;;;/m1.../s1. The first-order valence-corrected chi connectivity index (χ1v) is 15.2. The molecule has 1 heterocycles. The monoisotopic (exact) mass is 541 g/mol. The van der Waals surface area contributed by atoms with Gasteiger partial charge in [0, 0.05) is 11.8 Å². The van der Waals surface area contributed by atoms with Crippen LogP contribution in [0.4, 0.5) is 0 Å². The minimum atomic E-state index is -0.0172. The number of rotatable bonds is 4. The van der Waals surface area contributed by atoms with E-state index in [2.05, 4.69) is 58.8 Å². The number of hydrogen-bond donors (Lipinski definition) is 0. The van der Waals surface area contributed by atoms with Gasteiger partial charge in [-0.3, -0.25) is 4.99 Å². The molecular weight excluding hydrogens is 513 g/mol. The van der Waals surface area contributed by atoms with Crippen molar-refractivity contribution in [3.8, 4) is 0 Å². The fraction of sp³-hybridized carbons (Fsp3) is 0.682. The van der Waals surface area contributed by atoms with Crippen LogP contribution in [0.2, 0.25) is 0 Å². The normalized spacial score (nSPS) is 25.6. The van der Waals surface area contributed by atoms with Crippen molar-refractivity contribution in [1.82, 2.24) is 0 Å². The van der Waals surface area contributed by atoms with E-state index in [-0.39, 0.29) is 5.60 Å². The molecule has 2 aliphatic carbocycles. The summed E-state index contributed by atoms with van der Waals surface area (Å²) < 4.78 is 6.51. The number of halogens is 2. The van der Waals surface area contributed by atoms with Crippen molar-refractivity contribution in [1.29, 1.82) is 0 Å². The van der Waals surface area contributed by atoms with Gasteiger partial charge in [0.2, 0.25) is 0 Å². The molecule has 0 saturated heterocycles. The zero-order chi connectivity index (χ0) is 19.0. The molecule has 0 N–H and O–H groups in total. The second-order valence-corrected chi connectivity index (χ2v) is 13.1. The maximum atomic E-state index is 6.51. The summed E-state index contributed by atoms with van der Waals surface area (Å²) in [6.45, 7) is 0. The van der Waals surface area contributed by atoms with Crippen LogP contribution in [0.3, 0.4) is 0 Å². The average Bonchev–Trinajstić information content (AvgIpc) is 3.15. The molecule has 2 fully saturated rings. The number of hydrogen-bond acceptors (Lipinski definition) is 2. The van der Waals surface area contributed by atoms with Gasteiger partial charge in [-0.25, -0.2) is 0 Å². The molecule has 154 valence electrons. The summed E-state index contributed by atoms with van der Waals surface area (Å²) in [5, 5.41) is 0. The zero-order valence-corrected chi connectivity index (χ0v) is 20.1. The number of aliphatic imine (C=N–C) groups is 1. The minimum absolute atomic E-state index is 0.0172. The summed E-state index contributed by atoms with van der Waals surface area (Å²) in [5.74, 6) is 1.40. The van der Waals surface area contributed by atoms with Crippen LogP contribution in [0.1, 0.15) is 69.8 Å². The molecule has 3 aliphatic rings. The summed E-state index contributed by atoms with van der Waals surface area (Å²) in [7, 11) is 1.25. The van der Waals surface area contributed by atoms with Gasteiger partial charge in [-0.2, -0.15) is 0 Å². The summed E-state index contributed by atoms with van der Waals surface area (Å²) in [4.78, 5) is 4.89. The van der Waals surface area contributed by atoms with Crippen LogP contribution in [0.5, 0.6) is 0 Å². The summed E-state index contributed by atoms with van der Waals surface area (Å²) in [6.07, 6.45) is 16.5. The van der Waals surface area contributed by atoms with Crippen LogP contribution in [-0.2, 0) is 22.1 Å². The summed E-state index contributed by atoms with van der Waals surface area (Å²) >= 11 is 6.00. The molecular formula is C22H31Br2NNiO. The third-order valence-electron chi connectivity index (χ3n) is 6.78. The molecule has 0 aromatic heterocycles. The van der Waals surface area contributed by atoms with E-state index in [9.17, 15) is 0 Å². The van der Waals surface area contributed by atoms with Crippen LogP contribution in [0.15, 0.2) is 35.3 Å². The van der Waals surface area contributed by atoms with Crippen LogP contribution >= 0.6 is 28.5 Å². The molecule has 0 amide bonds. The zero-order valence-electron chi connectivity index (χ0n) is 15.9. The molecule has 4 rings (SSSR count). The van der Waals surface area contributed by atoms with E-state index >= 15 is 0 Å². The molecule has 0 spiro atoms. The van der Waals surface area contributed by atoms with Gasteiger partial charge in [0.25, 0.3) is 0 Å². The second-order valence-electron chi connectivity index (χ2n) is 8.15. The Kier molecular flexibility index (Phi) is 9.19. The van der Waals surface area contributed by atoms with E-state index in [1.165, 1.54) is 80.7 Å². The fourth-order valence-electron chi connectivity index (χ4n) is 5.62. The number of benzene rings is 1. The second kappa shape index (κ2) is 11.4. The summed E-state index contributed by atoms with van der Waals surface area (Å²) in [5.41, 5.74) is 1.39. The molecule has 1 atom stereocenters. The Morgan fingerprint density at radius 3 is 1.93 bits per heavy atom. The van der Waals surface area contributed by atoms with Crippen molar-refractivity contribution in [2.24, 2.45) is 16.8 Å². The maximum absolute atomic E-state index is 6.51. The van der Waals surface area contributed by atoms with E-state index in [1.807, 2.05) is 6.40 Å². The van der Waals surface area contributed by atoms with E-state index < -0.39 is 0 Å². The Balaban J connectivity index is 0.000000659. The first-order valence-electron chi connectivity index (χ1n) is 10.4. The molecule has 0 bridgehead atoms. The quantitative estimate of drug-likeness (QED) is 0.367. The fourth-order valence-corrected chi connectivity index (χ4v) is 5.62. The molecule has 27 heavy (non-hydrogen) atoms. The Bertz CT molecular complexity index is 553. The molecule has 1 aliphatic heterocycles. The topological polar surface area (TPSA) is 21.6 Å². The van der Waals surface area contributed by atoms with Crippen molar-refractivity contribution >= 4 is 34.9 Å². The van der Waals surface area contributed by atoms with Crippen molar-refractivity contribution in [2.75, 3.05) is 0 Å². The van der Waals surface area contributed by atoms with Crippen molar-refractivity contribution in [2.45, 2.75) is 82.3 Å². The predicted octanol–water partition coefficient (Wildman–Crippen LogP) is 7.24. The Hall–Kier alpha value is 0.144. The van der Waals surface area contributed by atoms with Crippen LogP contribution in [0.25, 0.3) is 0 Å². The van der Waals surface area contributed by atoms with E-state index in [4.69, 9.17) is 9.73 Å². The van der Waals surface area contributed by atoms with Gasteiger partial charge in [-0.15, -0.1) is 0 Å². The number of ether oxygens (including phenoxy) is 1. The molecule has 1 aromatic rings. The molecule has 2 nitrogen and oxygen atoms in total. The molecule has 0 unspecified atom stereocenters. The Morgan fingerprint density at radius 1 is 0.889 bits per heavy atom. The molecule has 1 aromatic carbocycles. The SMILES string of the molecule is C1=N[C@H](Cc2ccccc2)C(C2CCCCC2)(C2CCCCC2)O1.[Br][Ni][Br]. The number of nitrogens with zero attached hydrogens (tertiary/aromatic N) is 1. The predicted molar refractivity (Wildman–Crippen MR) is 117 cm³/mol. The van der Waals surface area contributed by atoms with Crippen molar-refractivity contribution < 1.29 is 15.6 Å². The van der Waals surface area contributed by atoms with Crippen molar-refractivity contribution in [3.63, 3.8) is 0 Å². The van der Waals surface area contributed by atoms with Gasteiger partial charge in [0.05, 0.1) is 6.04 Å². The summed E-state index contributed by atoms with van der Waals surface area (Å²) in [6, 6.07) is 11.2. The van der Waals surface area contributed by atoms with Gasteiger partial charge >= 0.3 is 39.3 Å². The van der Waals surface area contributed by atoms with Gasteiger partial charge in [0.15, 0.2) is 6.40 Å². The van der Waals surface area contributed by atoms with Crippen LogP contribution < -0.4 is 0 Å². The van der Waals surface area contributed by atoms with Gasteiger partial charge in [0.1, 0.15) is 5.60 Å². The average molecular weight is 544 g/mol. The van der Waals surface area contributed by atoms with Gasteiger partial charge in [-0.1, -0.05) is 68.9 Å². The van der Waals surface area contributed by atoms with E-state index in [1.54, 1.807) is 0 Å². The van der Waals surface area contributed by atoms with E-state index in [0.29, 0.717) is 17.9 Å². The van der Waals surface area contributed by atoms with Crippen molar-refractivity contribution in [3.05, 3.63) is 35.9 Å². The van der Waals surface area contributed by atoms with Gasteiger partial charge < -0.3 is 4.74 Å². The molecule has 0 radical (unpaired) electrons. The first-order chi connectivity index (χ1) is 13.3. The third kappa shape index (κ3) is 5.40.